The molecule has 1 saturated heterocycles. The third kappa shape index (κ3) is 4.07. The molecule has 3 aromatic rings. The van der Waals surface area contributed by atoms with E-state index in [9.17, 15) is 19.5 Å². The van der Waals surface area contributed by atoms with E-state index in [1.165, 1.54) is 18.9 Å². The minimum atomic E-state index is -0.923. The van der Waals surface area contributed by atoms with Crippen LogP contribution in [0.3, 0.4) is 0 Å². The van der Waals surface area contributed by atoms with E-state index in [4.69, 9.17) is 14.2 Å². The molecule has 36 heavy (non-hydrogen) atoms. The van der Waals surface area contributed by atoms with Crippen molar-refractivity contribution in [1.82, 2.24) is 0 Å². The monoisotopic (exact) mass is 485 g/mol. The lowest BCUT2D eigenvalue weighted by atomic mass is 9.94. The Labute approximate surface area is 207 Å². The molecule has 0 radical (unpaired) electrons. The molecule has 2 heterocycles. The zero-order chi connectivity index (χ0) is 25.4. The van der Waals surface area contributed by atoms with E-state index in [1.807, 2.05) is 0 Å². The number of fused-ring (bicyclic) bond motifs is 1. The molecule has 3 aromatic carbocycles. The van der Waals surface area contributed by atoms with Crippen LogP contribution in [-0.2, 0) is 20.8 Å². The fourth-order valence-corrected chi connectivity index (χ4v) is 4.55. The van der Waals surface area contributed by atoms with Crippen LogP contribution in [0.4, 0.5) is 5.69 Å². The highest BCUT2D eigenvalue weighted by Gasteiger charge is 2.47. The number of methoxy groups -OCH3 is 1. The first-order valence-electron chi connectivity index (χ1n) is 11.4. The van der Waals surface area contributed by atoms with Crippen LogP contribution in [0.15, 0.2) is 72.3 Å². The number of hydrogen-bond acceptors (Lipinski definition) is 7. The number of benzene rings is 3. The van der Waals surface area contributed by atoms with Crippen LogP contribution in [-0.4, -0.2) is 36.5 Å². The third-order valence-corrected chi connectivity index (χ3v) is 6.20. The molecule has 1 unspecified atom stereocenters. The number of anilines is 1. The van der Waals surface area contributed by atoms with Gasteiger partial charge < -0.3 is 19.3 Å². The first kappa shape index (κ1) is 23.2. The van der Waals surface area contributed by atoms with Crippen molar-refractivity contribution in [3.05, 3.63) is 89.0 Å². The molecule has 0 aromatic heterocycles. The van der Waals surface area contributed by atoms with Crippen LogP contribution >= 0.6 is 0 Å². The molecule has 1 amide bonds. The zero-order valence-electron chi connectivity index (χ0n) is 19.7. The van der Waals surface area contributed by atoms with Crippen molar-refractivity contribution >= 4 is 29.1 Å². The number of Topliss-reactive ketones (excluding diaryl/α,β-unsaturated/α-hetero) is 1. The second-order valence-electron chi connectivity index (χ2n) is 8.45. The van der Waals surface area contributed by atoms with Crippen LogP contribution in [0.2, 0.25) is 0 Å². The van der Waals surface area contributed by atoms with Gasteiger partial charge in [-0.1, -0.05) is 18.2 Å². The van der Waals surface area contributed by atoms with Crippen molar-refractivity contribution in [3.63, 3.8) is 0 Å². The van der Waals surface area contributed by atoms with Crippen molar-refractivity contribution < 1.29 is 33.7 Å². The summed E-state index contributed by atoms with van der Waals surface area (Å²) in [6.45, 7) is 1.85. The van der Waals surface area contributed by atoms with Crippen molar-refractivity contribution in [2.24, 2.45) is 0 Å². The van der Waals surface area contributed by atoms with Crippen molar-refractivity contribution in [3.8, 4) is 17.2 Å². The number of hydrogen-bond donors (Lipinski definition) is 1. The molecule has 8 nitrogen and oxygen atoms in total. The molecule has 0 spiro atoms. The fraction of sp³-hybridized carbons (Fsp3) is 0.179. The largest absolute Gasteiger partial charge is 0.507 e. The van der Waals surface area contributed by atoms with Gasteiger partial charge in [0.05, 0.1) is 25.3 Å². The predicted molar refractivity (Wildman–Crippen MR) is 131 cm³/mol. The van der Waals surface area contributed by atoms with Gasteiger partial charge in [-0.3, -0.25) is 19.3 Å². The topological polar surface area (TPSA) is 102 Å². The van der Waals surface area contributed by atoms with Crippen molar-refractivity contribution in [2.45, 2.75) is 19.4 Å². The Morgan fingerprint density at radius 2 is 1.81 bits per heavy atom. The summed E-state index contributed by atoms with van der Waals surface area (Å²) >= 11 is 0. The number of esters is 1. The molecule has 1 atom stereocenters. The lowest BCUT2D eigenvalue weighted by Gasteiger charge is -2.26. The molecule has 5 rings (SSSR count). The second kappa shape index (κ2) is 9.22. The van der Waals surface area contributed by atoms with E-state index in [0.29, 0.717) is 41.3 Å². The second-order valence-corrected chi connectivity index (χ2v) is 8.45. The van der Waals surface area contributed by atoms with Crippen LogP contribution < -0.4 is 19.1 Å². The number of ketones is 1. The van der Waals surface area contributed by atoms with Gasteiger partial charge in [-0.05, 0) is 53.6 Å². The highest BCUT2D eigenvalue weighted by molar-refractivity contribution is 6.51. The minimum absolute atomic E-state index is 0.0399. The highest BCUT2D eigenvalue weighted by atomic mass is 16.5. The Kier molecular flexibility index (Phi) is 5.93. The van der Waals surface area contributed by atoms with E-state index in [0.717, 1.165) is 11.3 Å². The van der Waals surface area contributed by atoms with E-state index in [-0.39, 0.29) is 11.3 Å². The summed E-state index contributed by atoms with van der Waals surface area (Å²) in [7, 11) is 1.51. The van der Waals surface area contributed by atoms with Gasteiger partial charge in [0, 0.05) is 30.7 Å². The van der Waals surface area contributed by atoms with Gasteiger partial charge in [-0.15, -0.1) is 0 Å². The first-order chi connectivity index (χ1) is 17.4. The Balaban J connectivity index is 1.67. The number of aliphatic hydroxyl groups excluding tert-OH is 1. The normalized spacial score (nSPS) is 18.1. The van der Waals surface area contributed by atoms with E-state index < -0.39 is 23.7 Å². The summed E-state index contributed by atoms with van der Waals surface area (Å²) in [5.41, 5.74) is 2.29. The summed E-state index contributed by atoms with van der Waals surface area (Å²) in [6, 6.07) is 17.5. The molecule has 1 N–H and O–H groups in total. The number of aliphatic hydroxyl groups is 1. The van der Waals surface area contributed by atoms with Gasteiger partial charge in [0.15, 0.2) is 0 Å². The number of carbonyl (C=O) groups is 3. The average molecular weight is 485 g/mol. The zero-order valence-corrected chi connectivity index (χ0v) is 19.7. The Morgan fingerprint density at radius 1 is 1.03 bits per heavy atom. The number of rotatable bonds is 5. The van der Waals surface area contributed by atoms with Crippen LogP contribution in [0, 0.1) is 0 Å². The summed E-state index contributed by atoms with van der Waals surface area (Å²) in [4.78, 5) is 39.4. The molecule has 0 bridgehead atoms. The summed E-state index contributed by atoms with van der Waals surface area (Å²) in [5.74, 6) is -0.751. The Hall–Kier alpha value is -4.59. The van der Waals surface area contributed by atoms with E-state index >= 15 is 0 Å². The van der Waals surface area contributed by atoms with Gasteiger partial charge in [0.25, 0.3) is 11.7 Å². The van der Waals surface area contributed by atoms with Gasteiger partial charge in [0.2, 0.25) is 0 Å². The Morgan fingerprint density at radius 3 is 2.53 bits per heavy atom. The molecule has 8 heteroatoms. The summed E-state index contributed by atoms with van der Waals surface area (Å²) in [5, 5.41) is 11.4. The molecule has 182 valence electrons. The number of ether oxygens (including phenoxy) is 3. The van der Waals surface area contributed by atoms with Crippen molar-refractivity contribution in [2.75, 3.05) is 18.6 Å². The maximum absolute atomic E-state index is 13.4. The van der Waals surface area contributed by atoms with Gasteiger partial charge in [-0.25, -0.2) is 0 Å². The molecule has 2 aliphatic rings. The Bertz CT molecular complexity index is 1410. The van der Waals surface area contributed by atoms with Gasteiger partial charge >= 0.3 is 5.97 Å². The predicted octanol–water partition coefficient (Wildman–Crippen LogP) is 4.18. The van der Waals surface area contributed by atoms with E-state index in [2.05, 4.69) is 0 Å². The number of carbonyl (C=O) groups excluding carboxylic acids is 3. The van der Waals surface area contributed by atoms with E-state index in [1.54, 1.807) is 66.7 Å². The molecular formula is C28H23NO7. The smallest absolute Gasteiger partial charge is 0.308 e. The average Bonchev–Trinajstić information content (AvgIpc) is 3.45. The number of nitrogens with zero attached hydrogens (tertiary/aromatic N) is 1. The highest BCUT2D eigenvalue weighted by Crippen LogP contribution is 2.43. The minimum Gasteiger partial charge on any atom is -0.507 e. The molecule has 0 aliphatic carbocycles. The number of amides is 1. The lowest BCUT2D eigenvalue weighted by Crippen LogP contribution is -2.29. The third-order valence-electron chi connectivity index (χ3n) is 6.20. The van der Waals surface area contributed by atoms with Crippen LogP contribution in [0.5, 0.6) is 17.2 Å². The van der Waals surface area contributed by atoms with Crippen LogP contribution in [0.25, 0.3) is 5.76 Å². The standard InChI is InChI=1S/C28H23NO7/c1-16(30)36-21-9-6-17(7-10-21)25-24(26(31)19-8-11-23-18(14-19)12-13-35-23)27(32)28(33)29(25)20-4-3-5-22(15-20)34-2/h3-11,14-15,25,31H,12-13H2,1-2H3/b26-24-. The maximum atomic E-state index is 13.4. The molecule has 2 aliphatic heterocycles. The first-order valence-corrected chi connectivity index (χ1v) is 11.4. The fourth-order valence-electron chi connectivity index (χ4n) is 4.55. The quantitative estimate of drug-likeness (QED) is 0.190. The summed E-state index contributed by atoms with van der Waals surface area (Å²) < 4.78 is 16.0. The molecule has 1 fully saturated rings. The maximum Gasteiger partial charge on any atom is 0.308 e. The van der Waals surface area contributed by atoms with Crippen LogP contribution in [0.1, 0.15) is 29.7 Å². The molecular weight excluding hydrogens is 462 g/mol. The summed E-state index contributed by atoms with van der Waals surface area (Å²) in [6.07, 6.45) is 0.690. The van der Waals surface area contributed by atoms with Crippen molar-refractivity contribution in [1.29, 1.82) is 0 Å². The lowest BCUT2D eigenvalue weighted by molar-refractivity contribution is -0.132. The van der Waals surface area contributed by atoms with Gasteiger partial charge in [0.1, 0.15) is 23.0 Å². The SMILES string of the molecule is COc1cccc(N2C(=O)C(=O)/C(=C(\O)c3ccc4c(c3)CCO4)C2c2ccc(OC(C)=O)cc2)c1. The van der Waals surface area contributed by atoms with Gasteiger partial charge in [-0.2, -0.15) is 0 Å². The molecule has 0 saturated carbocycles.